The van der Waals surface area contributed by atoms with E-state index in [0.29, 0.717) is 0 Å². The van der Waals surface area contributed by atoms with E-state index in [0.717, 1.165) is 12.8 Å². The van der Waals surface area contributed by atoms with Crippen LogP contribution in [-0.2, 0) is 9.53 Å². The fourth-order valence-corrected chi connectivity index (χ4v) is 2.38. The van der Waals surface area contributed by atoms with Gasteiger partial charge in [-0.05, 0) is 19.8 Å². The van der Waals surface area contributed by atoms with Gasteiger partial charge in [0.2, 0.25) is 0 Å². The van der Waals surface area contributed by atoms with Crippen LogP contribution in [0, 0.1) is 6.92 Å². The Kier molecular flexibility index (Phi) is 13.5. The third-order valence-electron chi connectivity index (χ3n) is 3.55. The van der Waals surface area contributed by atoms with E-state index < -0.39 is 5.97 Å². The summed E-state index contributed by atoms with van der Waals surface area (Å²) in [4.78, 5) is 10.6. The van der Waals surface area contributed by atoms with Gasteiger partial charge in [0.25, 0.3) is 0 Å². The molecule has 19 heavy (non-hydrogen) atoms. The molecule has 0 amide bonds. The average molecular weight is 269 g/mol. The topological polar surface area (TPSA) is 26.3 Å². The molecular weight excluding hydrogens is 236 g/mol. The maximum atomic E-state index is 10.6. The molecule has 1 atom stereocenters. The summed E-state index contributed by atoms with van der Waals surface area (Å²) in [5.74, 6) is -0.407. The van der Waals surface area contributed by atoms with Gasteiger partial charge in [-0.15, -0.1) is 0 Å². The molecule has 0 aromatic heterocycles. The van der Waals surface area contributed by atoms with Crippen molar-refractivity contribution in [1.29, 1.82) is 0 Å². The molecule has 0 saturated carbocycles. The second-order valence-corrected chi connectivity index (χ2v) is 5.62. The molecule has 0 aromatic rings. The van der Waals surface area contributed by atoms with E-state index in [1.165, 1.54) is 64.2 Å². The summed E-state index contributed by atoms with van der Waals surface area (Å²) in [6.07, 6.45) is 15.9. The molecule has 0 aliphatic rings. The number of unbranched alkanes of at least 4 members (excludes halogenated alkanes) is 10. The molecule has 0 bridgehead atoms. The molecule has 1 radical (unpaired) electrons. The first kappa shape index (κ1) is 18.5. The Balaban J connectivity index is 3.08. The standard InChI is InChI=1S/C17H33O2/c1-4-5-6-7-8-9-10-11-12-13-14-15-16(2)19-17(3)18/h16H,3-15H2,1-2H3. The molecule has 0 aromatic carbocycles. The zero-order valence-corrected chi connectivity index (χ0v) is 13.1. The maximum absolute atomic E-state index is 10.6. The minimum atomic E-state index is -0.407. The summed E-state index contributed by atoms with van der Waals surface area (Å²) in [5, 5.41) is 0. The van der Waals surface area contributed by atoms with Gasteiger partial charge in [-0.25, -0.2) is 0 Å². The molecule has 0 aliphatic carbocycles. The maximum Gasteiger partial charge on any atom is 0.306 e. The van der Waals surface area contributed by atoms with Gasteiger partial charge in [-0.2, -0.15) is 0 Å². The van der Waals surface area contributed by atoms with Crippen molar-refractivity contribution in [3.05, 3.63) is 6.92 Å². The molecule has 0 N–H and O–H groups in total. The minimum absolute atomic E-state index is 0.0311. The highest BCUT2D eigenvalue weighted by Crippen LogP contribution is 2.13. The number of carbonyl (C=O) groups is 1. The predicted molar refractivity (Wildman–Crippen MR) is 82.0 cm³/mol. The lowest BCUT2D eigenvalue weighted by Gasteiger charge is -2.10. The average Bonchev–Trinajstić information content (AvgIpc) is 2.35. The Labute approximate surface area is 120 Å². The van der Waals surface area contributed by atoms with Crippen molar-refractivity contribution in [2.75, 3.05) is 0 Å². The highest BCUT2D eigenvalue weighted by Gasteiger charge is 2.04. The summed E-state index contributed by atoms with van der Waals surface area (Å²) in [7, 11) is 0. The van der Waals surface area contributed by atoms with Crippen LogP contribution in [0.25, 0.3) is 0 Å². The van der Waals surface area contributed by atoms with Crippen LogP contribution >= 0.6 is 0 Å². The molecule has 0 saturated heterocycles. The van der Waals surface area contributed by atoms with E-state index in [1.807, 2.05) is 6.92 Å². The van der Waals surface area contributed by atoms with Crippen LogP contribution in [0.3, 0.4) is 0 Å². The molecule has 0 rings (SSSR count). The Bertz CT molecular complexity index is 201. The van der Waals surface area contributed by atoms with E-state index >= 15 is 0 Å². The Hall–Kier alpha value is -0.530. The lowest BCUT2D eigenvalue weighted by Crippen LogP contribution is -2.11. The number of hydrogen-bond acceptors (Lipinski definition) is 2. The molecule has 0 spiro atoms. The summed E-state index contributed by atoms with van der Waals surface area (Å²) in [5.41, 5.74) is 0. The quantitative estimate of drug-likeness (QED) is 0.328. The minimum Gasteiger partial charge on any atom is -0.463 e. The first-order valence-corrected chi connectivity index (χ1v) is 8.19. The van der Waals surface area contributed by atoms with Crippen LogP contribution in [0.15, 0.2) is 0 Å². The van der Waals surface area contributed by atoms with Crippen LogP contribution in [0.5, 0.6) is 0 Å². The molecule has 2 heteroatoms. The van der Waals surface area contributed by atoms with Crippen molar-refractivity contribution >= 4 is 5.97 Å². The second kappa shape index (κ2) is 13.9. The predicted octanol–water partition coefficient (Wildman–Crippen LogP) is 5.45. The Morgan fingerprint density at radius 2 is 1.32 bits per heavy atom. The summed E-state index contributed by atoms with van der Waals surface area (Å²) in [6.45, 7) is 7.43. The van der Waals surface area contributed by atoms with Gasteiger partial charge in [0.15, 0.2) is 0 Å². The van der Waals surface area contributed by atoms with Gasteiger partial charge in [-0.1, -0.05) is 71.1 Å². The fraction of sp³-hybridized carbons (Fsp3) is 0.882. The summed E-state index contributed by atoms with van der Waals surface area (Å²) in [6, 6.07) is 0. The van der Waals surface area contributed by atoms with Crippen LogP contribution in [0.1, 0.15) is 90.9 Å². The van der Waals surface area contributed by atoms with Gasteiger partial charge < -0.3 is 4.74 Å². The third kappa shape index (κ3) is 15.4. The normalized spacial score (nSPS) is 12.4. The molecule has 0 aliphatic heterocycles. The zero-order valence-electron chi connectivity index (χ0n) is 13.1. The van der Waals surface area contributed by atoms with Gasteiger partial charge in [-0.3, -0.25) is 4.79 Å². The van der Waals surface area contributed by atoms with Crippen molar-refractivity contribution in [3.63, 3.8) is 0 Å². The molecule has 0 fully saturated rings. The molecule has 113 valence electrons. The van der Waals surface area contributed by atoms with Crippen molar-refractivity contribution in [2.24, 2.45) is 0 Å². The lowest BCUT2D eigenvalue weighted by atomic mass is 10.0. The third-order valence-corrected chi connectivity index (χ3v) is 3.55. The summed E-state index contributed by atoms with van der Waals surface area (Å²) >= 11 is 0. The highest BCUT2D eigenvalue weighted by molar-refractivity contribution is 5.73. The number of esters is 1. The van der Waals surface area contributed by atoms with Crippen LogP contribution in [0.4, 0.5) is 0 Å². The van der Waals surface area contributed by atoms with Crippen molar-refractivity contribution in [1.82, 2.24) is 0 Å². The smallest absolute Gasteiger partial charge is 0.306 e. The van der Waals surface area contributed by atoms with E-state index in [9.17, 15) is 4.79 Å². The Morgan fingerprint density at radius 3 is 1.74 bits per heavy atom. The molecule has 0 heterocycles. The van der Waals surface area contributed by atoms with Crippen LogP contribution in [-0.4, -0.2) is 12.1 Å². The second-order valence-electron chi connectivity index (χ2n) is 5.62. The first-order chi connectivity index (χ1) is 9.16. The van der Waals surface area contributed by atoms with Gasteiger partial charge in [0, 0.05) is 0 Å². The van der Waals surface area contributed by atoms with Gasteiger partial charge >= 0.3 is 5.97 Å². The van der Waals surface area contributed by atoms with E-state index in [-0.39, 0.29) is 6.10 Å². The van der Waals surface area contributed by atoms with Crippen LogP contribution < -0.4 is 0 Å². The number of ether oxygens (including phenoxy) is 1. The van der Waals surface area contributed by atoms with Crippen LogP contribution in [0.2, 0.25) is 0 Å². The SMILES string of the molecule is [CH2]C(=O)OC(C)CCCCCCCCCCCCC. The van der Waals surface area contributed by atoms with Crippen molar-refractivity contribution < 1.29 is 9.53 Å². The van der Waals surface area contributed by atoms with E-state index in [4.69, 9.17) is 4.74 Å². The van der Waals surface area contributed by atoms with E-state index in [1.54, 1.807) is 0 Å². The van der Waals surface area contributed by atoms with Crippen molar-refractivity contribution in [3.8, 4) is 0 Å². The fourth-order valence-electron chi connectivity index (χ4n) is 2.38. The zero-order chi connectivity index (χ0) is 14.3. The molecular formula is C17H33O2. The summed E-state index contributed by atoms with van der Waals surface area (Å²) < 4.78 is 4.99. The molecule has 2 nitrogen and oxygen atoms in total. The Morgan fingerprint density at radius 1 is 0.895 bits per heavy atom. The lowest BCUT2D eigenvalue weighted by molar-refractivity contribution is -0.142. The largest absolute Gasteiger partial charge is 0.463 e. The monoisotopic (exact) mass is 269 g/mol. The highest BCUT2D eigenvalue weighted by atomic mass is 16.5. The first-order valence-electron chi connectivity index (χ1n) is 8.19. The van der Waals surface area contributed by atoms with Gasteiger partial charge in [0.1, 0.15) is 0 Å². The molecule has 1 unspecified atom stereocenters. The van der Waals surface area contributed by atoms with Crippen molar-refractivity contribution in [2.45, 2.75) is 97.0 Å². The number of hydrogen-bond donors (Lipinski definition) is 0. The van der Waals surface area contributed by atoms with E-state index in [2.05, 4.69) is 13.8 Å². The number of carbonyl (C=O) groups excluding carboxylic acids is 1. The number of rotatable bonds is 13. The van der Waals surface area contributed by atoms with Gasteiger partial charge in [0.05, 0.1) is 13.0 Å².